The molecule has 1 heteroatoms. The summed E-state index contributed by atoms with van der Waals surface area (Å²) in [6.07, 6.45) is 0. The second-order valence-corrected chi connectivity index (χ2v) is 14.9. The van der Waals surface area contributed by atoms with Crippen LogP contribution in [0.2, 0.25) is 0 Å². The summed E-state index contributed by atoms with van der Waals surface area (Å²) in [6.45, 7) is 4.73. The lowest BCUT2D eigenvalue weighted by Gasteiger charge is -2.32. The molecule has 0 atom stereocenters. The molecule has 0 aromatic heterocycles. The van der Waals surface area contributed by atoms with E-state index in [2.05, 4.69) is 219 Å². The van der Waals surface area contributed by atoms with Crippen LogP contribution in [-0.2, 0) is 5.41 Å². The van der Waals surface area contributed by atoms with Crippen molar-refractivity contribution in [2.24, 2.45) is 0 Å². The van der Waals surface area contributed by atoms with Crippen LogP contribution in [-0.4, -0.2) is 0 Å². The van der Waals surface area contributed by atoms with Crippen LogP contribution in [0.15, 0.2) is 200 Å². The molecule has 0 heterocycles. The Morgan fingerprint density at radius 3 is 1.43 bits per heavy atom. The van der Waals surface area contributed by atoms with Crippen LogP contribution >= 0.6 is 0 Å². The van der Waals surface area contributed by atoms with Gasteiger partial charge in [-0.25, -0.2) is 0 Å². The topological polar surface area (TPSA) is 3.24 Å². The summed E-state index contributed by atoms with van der Waals surface area (Å²) in [5.74, 6) is 0. The van der Waals surface area contributed by atoms with Gasteiger partial charge in [0.05, 0.1) is 5.69 Å². The Morgan fingerprint density at radius 1 is 0.333 bits per heavy atom. The standard InChI is InChI=1S/C53H39N/c1-53(2)49-24-14-13-21-45(49)46-34-33-42(35-50(46)53)54(41-31-29-39(30-32-41)37-17-7-4-8-18-37)52-48-23-12-10-20-44(48)43-19-9-11-22-47(43)51(52)40-27-25-38(26-28-40)36-15-5-3-6-16-36/h3-35H,1-2H3. The highest BCUT2D eigenvalue weighted by atomic mass is 15.1. The summed E-state index contributed by atoms with van der Waals surface area (Å²) in [6, 6.07) is 73.5. The number of nitrogens with zero attached hydrogens (tertiary/aromatic N) is 1. The molecule has 9 aromatic carbocycles. The van der Waals surface area contributed by atoms with E-state index in [0.717, 1.165) is 11.4 Å². The van der Waals surface area contributed by atoms with Gasteiger partial charge in [0.2, 0.25) is 0 Å². The van der Waals surface area contributed by atoms with Gasteiger partial charge in [0.15, 0.2) is 0 Å². The van der Waals surface area contributed by atoms with Crippen molar-refractivity contribution in [3.05, 3.63) is 211 Å². The van der Waals surface area contributed by atoms with E-state index in [4.69, 9.17) is 0 Å². The van der Waals surface area contributed by atoms with Crippen molar-refractivity contribution < 1.29 is 0 Å². The molecule has 0 bridgehead atoms. The van der Waals surface area contributed by atoms with Gasteiger partial charge in [-0.1, -0.05) is 190 Å². The van der Waals surface area contributed by atoms with Gasteiger partial charge in [0, 0.05) is 27.7 Å². The average Bonchev–Trinajstić information content (AvgIpc) is 3.47. The van der Waals surface area contributed by atoms with Crippen molar-refractivity contribution in [1.29, 1.82) is 0 Å². The minimum atomic E-state index is -0.133. The zero-order valence-corrected chi connectivity index (χ0v) is 30.5. The van der Waals surface area contributed by atoms with Crippen LogP contribution < -0.4 is 4.90 Å². The van der Waals surface area contributed by atoms with E-state index < -0.39 is 0 Å². The lowest BCUT2D eigenvalue weighted by atomic mass is 9.82. The molecule has 0 unspecified atom stereocenters. The van der Waals surface area contributed by atoms with Gasteiger partial charge in [-0.15, -0.1) is 0 Å². The van der Waals surface area contributed by atoms with Gasteiger partial charge in [-0.05, 0) is 90.5 Å². The van der Waals surface area contributed by atoms with Crippen molar-refractivity contribution >= 4 is 38.6 Å². The quantitative estimate of drug-likeness (QED) is 0.157. The first-order valence-corrected chi connectivity index (χ1v) is 18.9. The normalized spacial score (nSPS) is 12.8. The van der Waals surface area contributed by atoms with Crippen molar-refractivity contribution in [2.75, 3.05) is 4.90 Å². The molecule has 0 spiro atoms. The molecular formula is C53H39N. The number of hydrogen-bond acceptors (Lipinski definition) is 1. The van der Waals surface area contributed by atoms with Gasteiger partial charge in [0.25, 0.3) is 0 Å². The highest BCUT2D eigenvalue weighted by Crippen LogP contribution is 2.53. The maximum atomic E-state index is 2.52. The highest BCUT2D eigenvalue weighted by Gasteiger charge is 2.36. The fraction of sp³-hybridized carbons (Fsp3) is 0.0566. The molecule has 0 amide bonds. The molecule has 0 fully saturated rings. The first-order chi connectivity index (χ1) is 26.6. The zero-order chi connectivity index (χ0) is 36.2. The molecule has 256 valence electrons. The fourth-order valence-electron chi connectivity index (χ4n) is 8.78. The third kappa shape index (κ3) is 5.16. The summed E-state index contributed by atoms with van der Waals surface area (Å²) in [5.41, 5.74) is 15.9. The summed E-state index contributed by atoms with van der Waals surface area (Å²) in [5, 5.41) is 4.95. The Kier molecular flexibility index (Phi) is 7.56. The van der Waals surface area contributed by atoms with Crippen molar-refractivity contribution in [3.63, 3.8) is 0 Å². The molecule has 10 rings (SSSR count). The fourth-order valence-corrected chi connectivity index (χ4v) is 8.78. The molecule has 54 heavy (non-hydrogen) atoms. The van der Waals surface area contributed by atoms with E-state index >= 15 is 0 Å². The van der Waals surface area contributed by atoms with E-state index in [-0.39, 0.29) is 5.41 Å². The van der Waals surface area contributed by atoms with Crippen LogP contribution in [0.5, 0.6) is 0 Å². The van der Waals surface area contributed by atoms with Gasteiger partial charge in [-0.3, -0.25) is 0 Å². The summed E-state index contributed by atoms with van der Waals surface area (Å²) < 4.78 is 0. The van der Waals surface area contributed by atoms with Gasteiger partial charge in [0.1, 0.15) is 0 Å². The monoisotopic (exact) mass is 689 g/mol. The highest BCUT2D eigenvalue weighted by molar-refractivity contribution is 6.22. The number of rotatable bonds is 6. The molecule has 1 nitrogen and oxygen atoms in total. The first kappa shape index (κ1) is 32.0. The smallest absolute Gasteiger partial charge is 0.0624 e. The Labute approximate surface area is 317 Å². The molecule has 0 aliphatic heterocycles. The van der Waals surface area contributed by atoms with Gasteiger partial charge < -0.3 is 4.90 Å². The number of anilines is 3. The maximum Gasteiger partial charge on any atom is 0.0624 e. The summed E-state index contributed by atoms with van der Waals surface area (Å²) in [4.78, 5) is 2.52. The van der Waals surface area contributed by atoms with Crippen LogP contribution in [0.4, 0.5) is 17.1 Å². The second-order valence-electron chi connectivity index (χ2n) is 14.9. The van der Waals surface area contributed by atoms with E-state index in [9.17, 15) is 0 Å². The zero-order valence-electron chi connectivity index (χ0n) is 30.5. The number of hydrogen-bond donors (Lipinski definition) is 0. The molecular weight excluding hydrogens is 651 g/mol. The molecule has 0 saturated carbocycles. The van der Waals surface area contributed by atoms with E-state index in [1.54, 1.807) is 0 Å². The van der Waals surface area contributed by atoms with E-state index in [0.29, 0.717) is 0 Å². The number of benzene rings is 9. The number of fused-ring (bicyclic) bond motifs is 6. The van der Waals surface area contributed by atoms with Crippen molar-refractivity contribution in [2.45, 2.75) is 19.3 Å². The SMILES string of the molecule is CC1(C)c2ccccc2-c2ccc(N(c3ccc(-c4ccccc4)cc3)c3c(-c4ccc(-c5ccccc5)cc4)c4ccccc4c4ccccc34)cc21. The van der Waals surface area contributed by atoms with Crippen molar-refractivity contribution in [3.8, 4) is 44.5 Å². The molecule has 0 radical (unpaired) electrons. The van der Waals surface area contributed by atoms with Crippen LogP contribution in [0.25, 0.3) is 66.1 Å². The predicted molar refractivity (Wildman–Crippen MR) is 230 cm³/mol. The Balaban J connectivity index is 1.26. The average molecular weight is 690 g/mol. The lowest BCUT2D eigenvalue weighted by molar-refractivity contribution is 0.660. The van der Waals surface area contributed by atoms with Crippen LogP contribution in [0.1, 0.15) is 25.0 Å². The van der Waals surface area contributed by atoms with Crippen LogP contribution in [0.3, 0.4) is 0 Å². The maximum absolute atomic E-state index is 2.52. The first-order valence-electron chi connectivity index (χ1n) is 18.9. The van der Waals surface area contributed by atoms with E-state index in [1.807, 2.05) is 0 Å². The Hall–Kier alpha value is -6.70. The minimum absolute atomic E-state index is 0.133. The van der Waals surface area contributed by atoms with Gasteiger partial charge in [-0.2, -0.15) is 0 Å². The van der Waals surface area contributed by atoms with E-state index in [1.165, 1.54) is 82.9 Å². The van der Waals surface area contributed by atoms with Crippen LogP contribution in [0, 0.1) is 0 Å². The summed E-state index contributed by atoms with van der Waals surface area (Å²) in [7, 11) is 0. The molecule has 9 aromatic rings. The minimum Gasteiger partial charge on any atom is -0.309 e. The largest absolute Gasteiger partial charge is 0.309 e. The molecule has 1 aliphatic carbocycles. The molecule has 1 aliphatic rings. The Morgan fingerprint density at radius 2 is 0.778 bits per heavy atom. The third-order valence-corrected chi connectivity index (χ3v) is 11.5. The third-order valence-electron chi connectivity index (χ3n) is 11.5. The Bertz CT molecular complexity index is 2810. The van der Waals surface area contributed by atoms with Gasteiger partial charge >= 0.3 is 0 Å². The predicted octanol–water partition coefficient (Wildman–Crippen LogP) is 14.8. The molecule has 0 N–H and O–H groups in total. The van der Waals surface area contributed by atoms with Crippen molar-refractivity contribution in [1.82, 2.24) is 0 Å². The lowest BCUT2D eigenvalue weighted by Crippen LogP contribution is -2.17. The summed E-state index contributed by atoms with van der Waals surface area (Å²) >= 11 is 0. The second kappa shape index (κ2) is 12.8. The molecule has 0 saturated heterocycles.